The van der Waals surface area contributed by atoms with E-state index in [-0.39, 0.29) is 72.7 Å². The molecule has 1 N–H and O–H groups in total. The van der Waals surface area contributed by atoms with E-state index in [0.717, 1.165) is 31.2 Å². The molecule has 0 bridgehead atoms. The lowest BCUT2D eigenvalue weighted by atomic mass is 9.97. The lowest BCUT2D eigenvalue weighted by Gasteiger charge is -2.28. The van der Waals surface area contributed by atoms with E-state index in [2.05, 4.69) is 0 Å². The molecule has 2 heterocycles. The minimum Gasteiger partial charge on any atom is -0.462 e. The largest absolute Gasteiger partial charge is 0.462 e. The molecule has 0 aromatic heterocycles. The molecular formula is C31H48O7. The predicted octanol–water partition coefficient (Wildman–Crippen LogP) is 5.46. The molecule has 38 heavy (non-hydrogen) atoms. The molecule has 1 aromatic carbocycles. The summed E-state index contributed by atoms with van der Waals surface area (Å²) in [5, 5.41) is 10.2. The molecule has 214 valence electrons. The maximum atomic E-state index is 13.1. The summed E-state index contributed by atoms with van der Waals surface area (Å²) in [5.41, 5.74) is 0.959. The zero-order chi connectivity index (χ0) is 27.8. The molecule has 0 spiro atoms. The van der Waals surface area contributed by atoms with Crippen LogP contribution in [0.4, 0.5) is 0 Å². The number of aliphatic hydroxyl groups is 1. The highest BCUT2D eigenvalue weighted by Crippen LogP contribution is 2.33. The third kappa shape index (κ3) is 8.78. The van der Waals surface area contributed by atoms with Gasteiger partial charge in [0.2, 0.25) is 0 Å². The Balaban J connectivity index is 1.44. The SMILES string of the molecule is CC(C)[C@H](O)C[C@@H]1CC[C@H]([C@@H](C)C(=O)O[C@@H](C[C@H]2CC[C@@H]([C@H](C)C(=O)OCc3ccccc3)O2)C(C)C)O1. The lowest BCUT2D eigenvalue weighted by Crippen LogP contribution is -2.35. The fourth-order valence-corrected chi connectivity index (χ4v) is 5.23. The summed E-state index contributed by atoms with van der Waals surface area (Å²) in [5.74, 6) is -0.894. The number of benzene rings is 1. The Bertz CT molecular complexity index is 870. The average molecular weight is 533 g/mol. The standard InChI is InChI=1S/C31H48O7/c1-19(2)26(32)16-24-12-14-28(36-24)22(6)31(34)38-29(20(3)4)17-25-13-15-27(37-25)21(5)30(33)35-18-23-10-8-7-9-11-23/h7-11,19-22,24-29,32H,12-18H2,1-6H3/t21-,22+,24-,25+,26+,27-,28+,29-/m0/s1. The van der Waals surface area contributed by atoms with Gasteiger partial charge < -0.3 is 24.1 Å². The minimum atomic E-state index is -0.394. The molecular weight excluding hydrogens is 484 g/mol. The number of rotatable bonds is 13. The quantitative estimate of drug-likeness (QED) is 0.337. The highest BCUT2D eigenvalue weighted by molar-refractivity contribution is 5.73. The Kier molecular flexibility index (Phi) is 11.6. The van der Waals surface area contributed by atoms with Crippen LogP contribution in [0.1, 0.15) is 85.6 Å². The second-order valence-corrected chi connectivity index (χ2v) is 11.9. The van der Waals surface area contributed by atoms with Gasteiger partial charge in [0.05, 0.1) is 42.4 Å². The van der Waals surface area contributed by atoms with E-state index in [0.29, 0.717) is 12.8 Å². The van der Waals surface area contributed by atoms with Gasteiger partial charge in [-0.05, 0) is 63.4 Å². The molecule has 3 rings (SSSR count). The number of hydrogen-bond acceptors (Lipinski definition) is 7. The van der Waals surface area contributed by atoms with Crippen LogP contribution in [-0.2, 0) is 35.1 Å². The summed E-state index contributed by atoms with van der Waals surface area (Å²) >= 11 is 0. The van der Waals surface area contributed by atoms with E-state index in [4.69, 9.17) is 18.9 Å². The van der Waals surface area contributed by atoms with Gasteiger partial charge in [-0.2, -0.15) is 0 Å². The van der Waals surface area contributed by atoms with Crippen molar-refractivity contribution in [1.29, 1.82) is 0 Å². The molecule has 0 unspecified atom stereocenters. The highest BCUT2D eigenvalue weighted by Gasteiger charge is 2.38. The highest BCUT2D eigenvalue weighted by atomic mass is 16.6. The second kappa shape index (κ2) is 14.4. The first-order chi connectivity index (χ1) is 18.0. The molecule has 0 aliphatic carbocycles. The van der Waals surface area contributed by atoms with Crippen LogP contribution in [0, 0.1) is 23.7 Å². The average Bonchev–Trinajstić information content (AvgIpc) is 3.56. The van der Waals surface area contributed by atoms with Gasteiger partial charge in [-0.1, -0.05) is 58.0 Å². The predicted molar refractivity (Wildman–Crippen MR) is 145 cm³/mol. The van der Waals surface area contributed by atoms with Crippen molar-refractivity contribution in [3.63, 3.8) is 0 Å². The molecule has 2 fully saturated rings. The van der Waals surface area contributed by atoms with Crippen molar-refractivity contribution in [3.8, 4) is 0 Å². The first-order valence-corrected chi connectivity index (χ1v) is 14.4. The smallest absolute Gasteiger partial charge is 0.311 e. The van der Waals surface area contributed by atoms with Crippen LogP contribution in [0.2, 0.25) is 0 Å². The summed E-state index contributed by atoms with van der Waals surface area (Å²) in [7, 11) is 0. The lowest BCUT2D eigenvalue weighted by molar-refractivity contribution is -0.163. The van der Waals surface area contributed by atoms with Gasteiger partial charge in [0, 0.05) is 6.42 Å². The van der Waals surface area contributed by atoms with Crippen LogP contribution in [0.3, 0.4) is 0 Å². The molecule has 1 aromatic rings. The van der Waals surface area contributed by atoms with Gasteiger partial charge >= 0.3 is 11.9 Å². The van der Waals surface area contributed by atoms with E-state index in [9.17, 15) is 14.7 Å². The Morgan fingerprint density at radius 2 is 1.37 bits per heavy atom. The van der Waals surface area contributed by atoms with Crippen LogP contribution in [0.15, 0.2) is 30.3 Å². The number of carbonyl (C=O) groups excluding carboxylic acids is 2. The van der Waals surface area contributed by atoms with Crippen molar-refractivity contribution in [1.82, 2.24) is 0 Å². The summed E-state index contributed by atoms with van der Waals surface area (Å²) in [6.07, 6.45) is 3.32. The minimum absolute atomic E-state index is 0.0151. The number of hydrogen-bond donors (Lipinski definition) is 1. The summed E-state index contributed by atoms with van der Waals surface area (Å²) in [6.45, 7) is 12.1. The van der Waals surface area contributed by atoms with Gasteiger partial charge in [0.25, 0.3) is 0 Å². The second-order valence-electron chi connectivity index (χ2n) is 11.9. The number of aliphatic hydroxyl groups excluding tert-OH is 1. The van der Waals surface area contributed by atoms with Crippen molar-refractivity contribution in [2.45, 2.75) is 123 Å². The Morgan fingerprint density at radius 3 is 1.92 bits per heavy atom. The van der Waals surface area contributed by atoms with Gasteiger partial charge in [-0.25, -0.2) is 0 Å². The van der Waals surface area contributed by atoms with Crippen molar-refractivity contribution in [3.05, 3.63) is 35.9 Å². The first kappa shape index (κ1) is 30.6. The third-order valence-corrected chi connectivity index (χ3v) is 8.14. The van der Waals surface area contributed by atoms with Crippen LogP contribution in [0.5, 0.6) is 0 Å². The summed E-state index contributed by atoms with van der Waals surface area (Å²) in [6, 6.07) is 9.65. The maximum Gasteiger partial charge on any atom is 0.311 e. The molecule has 2 aliphatic rings. The van der Waals surface area contributed by atoms with Gasteiger partial charge in [0.1, 0.15) is 12.7 Å². The van der Waals surface area contributed by atoms with Crippen molar-refractivity contribution < 1.29 is 33.6 Å². The molecule has 0 radical (unpaired) electrons. The molecule has 0 saturated carbocycles. The maximum absolute atomic E-state index is 13.1. The zero-order valence-electron chi connectivity index (χ0n) is 24.0. The van der Waals surface area contributed by atoms with E-state index in [1.54, 1.807) is 0 Å². The van der Waals surface area contributed by atoms with Crippen LogP contribution < -0.4 is 0 Å². The van der Waals surface area contributed by atoms with Crippen molar-refractivity contribution in [2.24, 2.45) is 23.7 Å². The monoisotopic (exact) mass is 532 g/mol. The van der Waals surface area contributed by atoms with Crippen molar-refractivity contribution in [2.75, 3.05) is 0 Å². The topological polar surface area (TPSA) is 91.3 Å². The molecule has 2 saturated heterocycles. The summed E-state index contributed by atoms with van der Waals surface area (Å²) < 4.78 is 23.9. The summed E-state index contributed by atoms with van der Waals surface area (Å²) in [4.78, 5) is 25.7. The zero-order valence-corrected chi connectivity index (χ0v) is 24.0. The number of ether oxygens (including phenoxy) is 4. The van der Waals surface area contributed by atoms with Crippen molar-refractivity contribution >= 4 is 11.9 Å². The number of carbonyl (C=O) groups is 2. The molecule has 7 heteroatoms. The fraction of sp³-hybridized carbons (Fsp3) is 0.742. The van der Waals surface area contributed by atoms with Crippen LogP contribution >= 0.6 is 0 Å². The first-order valence-electron chi connectivity index (χ1n) is 14.4. The normalized spacial score (nSPS) is 26.8. The van der Waals surface area contributed by atoms with Crippen LogP contribution in [0.25, 0.3) is 0 Å². The van der Waals surface area contributed by atoms with E-state index in [1.165, 1.54) is 0 Å². The molecule has 0 amide bonds. The Labute approximate surface area is 228 Å². The van der Waals surface area contributed by atoms with E-state index < -0.39 is 6.10 Å². The number of esters is 2. The van der Waals surface area contributed by atoms with Crippen LogP contribution in [-0.4, -0.2) is 53.7 Å². The molecule has 7 nitrogen and oxygen atoms in total. The van der Waals surface area contributed by atoms with Gasteiger partial charge in [0.15, 0.2) is 0 Å². The Morgan fingerprint density at radius 1 is 0.816 bits per heavy atom. The van der Waals surface area contributed by atoms with E-state index in [1.807, 2.05) is 71.9 Å². The van der Waals surface area contributed by atoms with Gasteiger partial charge in [-0.15, -0.1) is 0 Å². The fourth-order valence-electron chi connectivity index (χ4n) is 5.23. The van der Waals surface area contributed by atoms with E-state index >= 15 is 0 Å². The van der Waals surface area contributed by atoms with Gasteiger partial charge in [-0.3, -0.25) is 9.59 Å². The molecule has 2 aliphatic heterocycles. The Hall–Kier alpha value is -1.96. The third-order valence-electron chi connectivity index (χ3n) is 8.14. The molecule has 8 atom stereocenters.